The molecule has 0 aliphatic carbocycles. The number of carbonyl (C=O) groups excluding carboxylic acids is 2. The van der Waals surface area contributed by atoms with E-state index >= 15 is 0 Å². The molecular formula is C16H15NO5. The molecule has 6 heteroatoms. The first kappa shape index (κ1) is 14.3. The van der Waals surface area contributed by atoms with Gasteiger partial charge in [0.1, 0.15) is 11.5 Å². The molecule has 6 nitrogen and oxygen atoms in total. The van der Waals surface area contributed by atoms with E-state index in [0.717, 1.165) is 5.06 Å². The third kappa shape index (κ3) is 1.84. The van der Waals surface area contributed by atoms with Gasteiger partial charge in [0, 0.05) is 5.39 Å². The maximum absolute atomic E-state index is 12.5. The Balaban J connectivity index is 2.38. The van der Waals surface area contributed by atoms with Gasteiger partial charge in [0.25, 0.3) is 11.8 Å². The molecule has 1 heterocycles. The molecule has 0 unspecified atom stereocenters. The van der Waals surface area contributed by atoms with Gasteiger partial charge in [-0.05, 0) is 31.2 Å². The number of amides is 2. The molecule has 3 rings (SSSR count). The Hall–Kier alpha value is -2.60. The van der Waals surface area contributed by atoms with E-state index in [4.69, 9.17) is 14.3 Å². The van der Waals surface area contributed by atoms with Crippen LogP contribution in [0.4, 0.5) is 0 Å². The third-order valence-corrected chi connectivity index (χ3v) is 3.61. The average Bonchev–Trinajstić information content (AvgIpc) is 2.55. The van der Waals surface area contributed by atoms with Crippen molar-refractivity contribution >= 4 is 22.6 Å². The lowest BCUT2D eigenvalue weighted by Gasteiger charge is -2.26. The van der Waals surface area contributed by atoms with Crippen LogP contribution in [0.2, 0.25) is 0 Å². The van der Waals surface area contributed by atoms with Gasteiger partial charge in [-0.1, -0.05) is 0 Å². The summed E-state index contributed by atoms with van der Waals surface area (Å²) in [6, 6.07) is 6.62. The molecule has 0 saturated heterocycles. The summed E-state index contributed by atoms with van der Waals surface area (Å²) in [5.74, 6) is 0.117. The lowest BCUT2D eigenvalue weighted by atomic mass is 9.94. The van der Waals surface area contributed by atoms with Crippen LogP contribution in [0.25, 0.3) is 10.8 Å². The van der Waals surface area contributed by atoms with E-state index in [1.807, 2.05) is 0 Å². The maximum atomic E-state index is 12.5. The van der Waals surface area contributed by atoms with Gasteiger partial charge >= 0.3 is 0 Å². The smallest absolute Gasteiger partial charge is 0.285 e. The first-order valence-electron chi connectivity index (χ1n) is 6.83. The van der Waals surface area contributed by atoms with Gasteiger partial charge in [-0.2, -0.15) is 0 Å². The molecule has 2 aromatic carbocycles. The highest BCUT2D eigenvalue weighted by molar-refractivity contribution is 6.26. The van der Waals surface area contributed by atoms with Gasteiger partial charge in [-0.25, -0.2) is 0 Å². The number of ether oxygens (including phenoxy) is 2. The van der Waals surface area contributed by atoms with Crippen molar-refractivity contribution in [2.45, 2.75) is 6.92 Å². The van der Waals surface area contributed by atoms with Gasteiger partial charge < -0.3 is 9.47 Å². The Labute approximate surface area is 127 Å². The minimum atomic E-state index is -0.486. The Morgan fingerprint density at radius 2 is 1.36 bits per heavy atom. The SMILES string of the molecule is CCON1C(=O)c2ccc(OC)c3c(OC)ccc(c23)C1=O. The fourth-order valence-electron chi connectivity index (χ4n) is 2.69. The quantitative estimate of drug-likeness (QED) is 0.811. The first-order valence-corrected chi connectivity index (χ1v) is 6.83. The van der Waals surface area contributed by atoms with Crippen molar-refractivity contribution in [1.29, 1.82) is 0 Å². The molecule has 2 amide bonds. The van der Waals surface area contributed by atoms with E-state index in [1.165, 1.54) is 14.2 Å². The molecule has 0 aromatic heterocycles. The van der Waals surface area contributed by atoms with Crippen LogP contribution in [-0.2, 0) is 4.84 Å². The average molecular weight is 301 g/mol. The van der Waals surface area contributed by atoms with Gasteiger partial charge in [0.15, 0.2) is 0 Å². The van der Waals surface area contributed by atoms with Crippen LogP contribution in [0.5, 0.6) is 11.5 Å². The summed E-state index contributed by atoms with van der Waals surface area (Å²) < 4.78 is 10.7. The number of hydrogen-bond donors (Lipinski definition) is 0. The Bertz CT molecular complexity index is 725. The minimum absolute atomic E-state index is 0.224. The van der Waals surface area contributed by atoms with Crippen LogP contribution in [0.1, 0.15) is 27.6 Å². The Kier molecular flexibility index (Phi) is 3.46. The topological polar surface area (TPSA) is 65.1 Å². The Morgan fingerprint density at radius 3 is 1.77 bits per heavy atom. The third-order valence-electron chi connectivity index (χ3n) is 3.61. The molecule has 2 aromatic rings. The zero-order chi connectivity index (χ0) is 15.9. The van der Waals surface area contributed by atoms with E-state index in [1.54, 1.807) is 31.2 Å². The summed E-state index contributed by atoms with van der Waals surface area (Å²) in [5.41, 5.74) is 0.774. The Morgan fingerprint density at radius 1 is 0.864 bits per heavy atom. The van der Waals surface area contributed by atoms with Crippen LogP contribution < -0.4 is 9.47 Å². The summed E-state index contributed by atoms with van der Waals surface area (Å²) in [7, 11) is 3.06. The molecule has 1 aliphatic rings. The van der Waals surface area contributed by atoms with Crippen LogP contribution in [0, 0.1) is 0 Å². The van der Waals surface area contributed by atoms with Gasteiger partial charge in [0.2, 0.25) is 0 Å². The van der Waals surface area contributed by atoms with Gasteiger partial charge in [-0.3, -0.25) is 14.4 Å². The highest BCUT2D eigenvalue weighted by Crippen LogP contribution is 2.40. The lowest BCUT2D eigenvalue weighted by Crippen LogP contribution is -2.40. The highest BCUT2D eigenvalue weighted by atomic mass is 16.7. The van der Waals surface area contributed by atoms with Crippen molar-refractivity contribution in [2.24, 2.45) is 0 Å². The monoisotopic (exact) mass is 301 g/mol. The fraction of sp³-hybridized carbons (Fsp3) is 0.250. The second-order valence-corrected chi connectivity index (χ2v) is 4.70. The first-order chi connectivity index (χ1) is 10.6. The summed E-state index contributed by atoms with van der Waals surface area (Å²) in [4.78, 5) is 30.2. The van der Waals surface area contributed by atoms with Crippen LogP contribution in [0.15, 0.2) is 24.3 Å². The maximum Gasteiger partial charge on any atom is 0.285 e. The summed E-state index contributed by atoms with van der Waals surface area (Å²) >= 11 is 0. The molecule has 0 atom stereocenters. The number of hydroxylamine groups is 2. The summed E-state index contributed by atoms with van der Waals surface area (Å²) in [6.07, 6.45) is 0. The molecular weight excluding hydrogens is 286 g/mol. The standard InChI is InChI=1S/C16H15NO5/c1-4-22-17-15(18)9-5-7-11(20-2)14-12(21-3)8-6-10(13(9)14)16(17)19/h5-8H,4H2,1-3H3. The normalized spacial score (nSPS) is 13.7. The number of methoxy groups -OCH3 is 2. The second-order valence-electron chi connectivity index (χ2n) is 4.70. The van der Waals surface area contributed by atoms with Crippen molar-refractivity contribution in [2.75, 3.05) is 20.8 Å². The van der Waals surface area contributed by atoms with Crippen molar-refractivity contribution in [3.8, 4) is 11.5 Å². The molecule has 22 heavy (non-hydrogen) atoms. The number of rotatable bonds is 4. The van der Waals surface area contributed by atoms with Crippen molar-refractivity contribution in [3.63, 3.8) is 0 Å². The van der Waals surface area contributed by atoms with Crippen molar-refractivity contribution in [1.82, 2.24) is 5.06 Å². The predicted molar refractivity (Wildman–Crippen MR) is 79.2 cm³/mol. The van der Waals surface area contributed by atoms with E-state index < -0.39 is 11.8 Å². The number of imide groups is 1. The summed E-state index contributed by atoms with van der Waals surface area (Å²) in [6.45, 7) is 1.94. The predicted octanol–water partition coefficient (Wildman–Crippen LogP) is 2.40. The zero-order valence-corrected chi connectivity index (χ0v) is 12.5. The minimum Gasteiger partial charge on any atom is -0.496 e. The molecule has 1 aliphatic heterocycles. The van der Waals surface area contributed by atoms with E-state index in [0.29, 0.717) is 33.4 Å². The number of hydrogen-bond acceptors (Lipinski definition) is 5. The molecule has 0 N–H and O–H groups in total. The molecule has 114 valence electrons. The van der Waals surface area contributed by atoms with Crippen LogP contribution in [0.3, 0.4) is 0 Å². The van der Waals surface area contributed by atoms with E-state index in [9.17, 15) is 9.59 Å². The molecule has 0 fully saturated rings. The van der Waals surface area contributed by atoms with Crippen LogP contribution >= 0.6 is 0 Å². The van der Waals surface area contributed by atoms with Gasteiger partial charge in [-0.15, -0.1) is 5.06 Å². The van der Waals surface area contributed by atoms with Crippen molar-refractivity contribution in [3.05, 3.63) is 35.4 Å². The molecule has 0 spiro atoms. The number of carbonyl (C=O) groups is 2. The zero-order valence-electron chi connectivity index (χ0n) is 12.5. The van der Waals surface area contributed by atoms with Crippen molar-refractivity contribution < 1.29 is 23.9 Å². The second kappa shape index (κ2) is 5.31. The fourth-order valence-corrected chi connectivity index (χ4v) is 2.69. The van der Waals surface area contributed by atoms with Crippen LogP contribution in [-0.4, -0.2) is 37.7 Å². The number of nitrogens with zero attached hydrogens (tertiary/aromatic N) is 1. The van der Waals surface area contributed by atoms with E-state index in [2.05, 4.69) is 0 Å². The number of benzene rings is 2. The molecule has 0 radical (unpaired) electrons. The van der Waals surface area contributed by atoms with E-state index in [-0.39, 0.29) is 6.61 Å². The summed E-state index contributed by atoms with van der Waals surface area (Å²) in [5, 5.41) is 1.94. The largest absolute Gasteiger partial charge is 0.496 e. The highest BCUT2D eigenvalue weighted by Gasteiger charge is 2.35. The van der Waals surface area contributed by atoms with Gasteiger partial charge in [0.05, 0.1) is 37.3 Å². The molecule has 0 bridgehead atoms. The lowest BCUT2D eigenvalue weighted by molar-refractivity contribution is -0.0903. The molecule has 0 saturated carbocycles.